The predicted octanol–water partition coefficient (Wildman–Crippen LogP) is 3.84. The van der Waals surface area contributed by atoms with Crippen molar-refractivity contribution in [2.45, 2.75) is 17.3 Å². The van der Waals surface area contributed by atoms with Crippen LogP contribution in [0.4, 0.5) is 8.78 Å². The predicted molar refractivity (Wildman–Crippen MR) is 94.6 cm³/mol. The van der Waals surface area contributed by atoms with Gasteiger partial charge in [0.05, 0.1) is 6.54 Å². The van der Waals surface area contributed by atoms with Crippen molar-refractivity contribution in [2.75, 3.05) is 0 Å². The first-order chi connectivity index (χ1) is 12.7. The summed E-state index contributed by atoms with van der Waals surface area (Å²) in [6.07, 6.45) is 1.44. The summed E-state index contributed by atoms with van der Waals surface area (Å²) in [5.74, 6) is 0.0578. The lowest BCUT2D eigenvalue weighted by atomic mass is 10.2. The lowest BCUT2D eigenvalue weighted by Crippen LogP contribution is -2.04. The van der Waals surface area contributed by atoms with Crippen LogP contribution in [0.25, 0.3) is 11.2 Å². The van der Waals surface area contributed by atoms with Crippen molar-refractivity contribution in [1.29, 1.82) is 0 Å². The molecule has 0 unspecified atom stereocenters. The van der Waals surface area contributed by atoms with Gasteiger partial charge in [0.25, 0.3) is 0 Å². The van der Waals surface area contributed by atoms with E-state index in [1.807, 2.05) is 0 Å². The first-order valence-electron chi connectivity index (χ1n) is 7.85. The van der Waals surface area contributed by atoms with Crippen LogP contribution in [0.1, 0.15) is 11.1 Å². The van der Waals surface area contributed by atoms with Gasteiger partial charge in [0, 0.05) is 11.3 Å². The van der Waals surface area contributed by atoms with Gasteiger partial charge in [0.2, 0.25) is 0 Å². The Balaban J connectivity index is 1.58. The van der Waals surface area contributed by atoms with Crippen molar-refractivity contribution in [3.8, 4) is 0 Å². The SMILES string of the molecule is Fc1ccc(CSc2ncnc3c2nnn3Cc2ccccc2F)cc1. The van der Waals surface area contributed by atoms with Crippen molar-refractivity contribution < 1.29 is 8.78 Å². The molecule has 4 aromatic rings. The van der Waals surface area contributed by atoms with Crippen molar-refractivity contribution in [3.63, 3.8) is 0 Å². The van der Waals surface area contributed by atoms with Crippen LogP contribution >= 0.6 is 11.8 Å². The van der Waals surface area contributed by atoms with Crippen LogP contribution in [0.3, 0.4) is 0 Å². The van der Waals surface area contributed by atoms with Gasteiger partial charge in [0.1, 0.15) is 23.0 Å². The van der Waals surface area contributed by atoms with Gasteiger partial charge in [-0.05, 0) is 23.8 Å². The van der Waals surface area contributed by atoms with Crippen molar-refractivity contribution in [2.24, 2.45) is 0 Å². The highest BCUT2D eigenvalue weighted by Crippen LogP contribution is 2.26. The topological polar surface area (TPSA) is 56.5 Å². The molecule has 0 amide bonds. The molecule has 0 aliphatic carbocycles. The lowest BCUT2D eigenvalue weighted by molar-refractivity contribution is 0.582. The molecule has 0 N–H and O–H groups in total. The van der Waals surface area contributed by atoms with E-state index < -0.39 is 0 Å². The Morgan fingerprint density at radius 2 is 1.77 bits per heavy atom. The second-order valence-corrected chi connectivity index (χ2v) is 6.57. The number of rotatable bonds is 5. The zero-order valence-electron chi connectivity index (χ0n) is 13.5. The van der Waals surface area contributed by atoms with E-state index in [9.17, 15) is 8.78 Å². The van der Waals surface area contributed by atoms with Crippen LogP contribution in [-0.4, -0.2) is 25.0 Å². The minimum atomic E-state index is -0.295. The molecule has 0 bridgehead atoms. The zero-order valence-corrected chi connectivity index (χ0v) is 14.3. The third kappa shape index (κ3) is 3.41. The average Bonchev–Trinajstić information content (AvgIpc) is 3.07. The van der Waals surface area contributed by atoms with Crippen LogP contribution in [0.5, 0.6) is 0 Å². The molecule has 0 spiro atoms. The molecule has 130 valence electrons. The molecule has 0 saturated heterocycles. The number of halogens is 2. The molecule has 2 aromatic carbocycles. The minimum absolute atomic E-state index is 0.238. The van der Waals surface area contributed by atoms with E-state index in [0.717, 1.165) is 5.56 Å². The summed E-state index contributed by atoms with van der Waals surface area (Å²) >= 11 is 1.47. The van der Waals surface area contributed by atoms with E-state index in [-0.39, 0.29) is 18.2 Å². The number of hydrogen-bond donors (Lipinski definition) is 0. The largest absolute Gasteiger partial charge is 0.227 e. The molecule has 4 rings (SSSR count). The van der Waals surface area contributed by atoms with Gasteiger partial charge in [-0.15, -0.1) is 5.10 Å². The van der Waals surface area contributed by atoms with Gasteiger partial charge < -0.3 is 0 Å². The fourth-order valence-corrected chi connectivity index (χ4v) is 3.39. The first kappa shape index (κ1) is 16.6. The first-order valence-corrected chi connectivity index (χ1v) is 8.84. The Hall–Kier alpha value is -2.87. The molecule has 0 aliphatic rings. The summed E-state index contributed by atoms with van der Waals surface area (Å²) in [4.78, 5) is 8.50. The van der Waals surface area contributed by atoms with E-state index in [1.54, 1.807) is 35.0 Å². The molecule has 2 aromatic heterocycles. The van der Waals surface area contributed by atoms with Gasteiger partial charge in [-0.1, -0.05) is 47.3 Å². The number of nitrogens with zero attached hydrogens (tertiary/aromatic N) is 5. The molecule has 5 nitrogen and oxygen atoms in total. The number of aromatic nitrogens is 5. The highest BCUT2D eigenvalue weighted by atomic mass is 32.2. The third-order valence-electron chi connectivity index (χ3n) is 3.83. The van der Waals surface area contributed by atoms with E-state index in [1.165, 1.54) is 36.3 Å². The van der Waals surface area contributed by atoms with Gasteiger partial charge in [-0.25, -0.2) is 23.4 Å². The van der Waals surface area contributed by atoms with Crippen LogP contribution in [0, 0.1) is 11.6 Å². The minimum Gasteiger partial charge on any atom is -0.227 e. The maximum absolute atomic E-state index is 13.9. The van der Waals surface area contributed by atoms with E-state index in [2.05, 4.69) is 20.3 Å². The lowest BCUT2D eigenvalue weighted by Gasteiger charge is -2.04. The number of benzene rings is 2. The second kappa shape index (κ2) is 7.17. The highest BCUT2D eigenvalue weighted by Gasteiger charge is 2.13. The van der Waals surface area contributed by atoms with Crippen LogP contribution < -0.4 is 0 Å². The van der Waals surface area contributed by atoms with Crippen molar-refractivity contribution in [1.82, 2.24) is 25.0 Å². The van der Waals surface area contributed by atoms with Crippen LogP contribution in [0.2, 0.25) is 0 Å². The Labute approximate surface area is 152 Å². The Bertz CT molecular complexity index is 1050. The molecule has 2 heterocycles. The molecule has 8 heteroatoms. The molecular formula is C18H13F2N5S. The quantitative estimate of drug-likeness (QED) is 0.395. The molecule has 0 aliphatic heterocycles. The molecule has 0 atom stereocenters. The molecular weight excluding hydrogens is 356 g/mol. The van der Waals surface area contributed by atoms with E-state index >= 15 is 0 Å². The summed E-state index contributed by atoms with van der Waals surface area (Å²) in [6.45, 7) is 0.238. The summed E-state index contributed by atoms with van der Waals surface area (Å²) in [7, 11) is 0. The van der Waals surface area contributed by atoms with E-state index in [0.29, 0.717) is 27.5 Å². The zero-order chi connectivity index (χ0) is 17.9. The number of fused-ring (bicyclic) bond motifs is 1. The fraction of sp³-hybridized carbons (Fsp3) is 0.111. The summed E-state index contributed by atoms with van der Waals surface area (Å²) in [6, 6.07) is 12.8. The van der Waals surface area contributed by atoms with Crippen LogP contribution in [-0.2, 0) is 12.3 Å². The Morgan fingerprint density at radius 1 is 0.962 bits per heavy atom. The summed E-state index contributed by atoms with van der Waals surface area (Å²) in [5.41, 5.74) is 2.60. The molecule has 0 saturated carbocycles. The summed E-state index contributed by atoms with van der Waals surface area (Å²) < 4.78 is 28.4. The molecule has 26 heavy (non-hydrogen) atoms. The molecule has 0 radical (unpaired) electrons. The smallest absolute Gasteiger partial charge is 0.183 e. The number of thioether (sulfide) groups is 1. The van der Waals surface area contributed by atoms with Gasteiger partial charge in [-0.2, -0.15) is 0 Å². The van der Waals surface area contributed by atoms with Crippen LogP contribution in [0.15, 0.2) is 59.9 Å². The summed E-state index contributed by atoms with van der Waals surface area (Å²) in [5, 5.41) is 8.93. The maximum atomic E-state index is 13.9. The highest BCUT2D eigenvalue weighted by molar-refractivity contribution is 7.98. The second-order valence-electron chi connectivity index (χ2n) is 5.60. The van der Waals surface area contributed by atoms with Gasteiger partial charge in [0.15, 0.2) is 11.2 Å². The molecule has 0 fully saturated rings. The van der Waals surface area contributed by atoms with E-state index in [4.69, 9.17) is 0 Å². The van der Waals surface area contributed by atoms with Crippen molar-refractivity contribution >= 4 is 22.9 Å². The Kier molecular flexibility index (Phi) is 4.57. The van der Waals surface area contributed by atoms with Gasteiger partial charge >= 0.3 is 0 Å². The third-order valence-corrected chi connectivity index (χ3v) is 4.88. The standard InChI is InChI=1S/C18H13F2N5S/c19-14-7-5-12(6-8-14)10-26-18-16-17(21-11-22-18)25(24-23-16)9-13-3-1-2-4-15(13)20/h1-8,11H,9-10H2. The maximum Gasteiger partial charge on any atom is 0.183 e. The Morgan fingerprint density at radius 3 is 2.58 bits per heavy atom. The average molecular weight is 369 g/mol. The van der Waals surface area contributed by atoms with Gasteiger partial charge in [-0.3, -0.25) is 0 Å². The van der Waals surface area contributed by atoms with Crippen molar-refractivity contribution in [3.05, 3.63) is 77.6 Å². The monoisotopic (exact) mass is 369 g/mol. The fourth-order valence-electron chi connectivity index (χ4n) is 2.50. The number of hydrogen-bond acceptors (Lipinski definition) is 5. The normalized spacial score (nSPS) is 11.2.